The van der Waals surface area contributed by atoms with Crippen LogP contribution in [0.4, 0.5) is 4.39 Å². The monoisotopic (exact) mass is 304 g/mol. The van der Waals surface area contributed by atoms with E-state index in [1.807, 2.05) is 48.5 Å². The zero-order valence-electron chi connectivity index (χ0n) is 13.8. The lowest BCUT2D eigenvalue weighted by Crippen LogP contribution is -2.14. The van der Waals surface area contributed by atoms with Crippen molar-refractivity contribution in [3.8, 4) is 22.3 Å². The molecule has 0 nitrogen and oxygen atoms in total. The SMILES string of the molecule is CC(C)(C)c1cc(F)cc(-c2ccccc2)c1-c1ccccc1. The molecule has 3 aromatic rings. The fourth-order valence-corrected chi connectivity index (χ4v) is 2.96. The Kier molecular flexibility index (Phi) is 4.04. The number of hydrogen-bond acceptors (Lipinski definition) is 0. The molecule has 0 N–H and O–H groups in total. The Bertz CT molecular complexity index is 797. The van der Waals surface area contributed by atoms with Crippen molar-refractivity contribution in [2.45, 2.75) is 26.2 Å². The molecule has 0 unspecified atom stereocenters. The summed E-state index contributed by atoms with van der Waals surface area (Å²) in [6.45, 7) is 6.38. The molecule has 0 spiro atoms. The Hall–Kier alpha value is -2.41. The number of benzene rings is 3. The van der Waals surface area contributed by atoms with Gasteiger partial charge in [-0.2, -0.15) is 0 Å². The van der Waals surface area contributed by atoms with Crippen molar-refractivity contribution in [1.82, 2.24) is 0 Å². The third kappa shape index (κ3) is 3.19. The standard InChI is InChI=1S/C22H21F/c1-22(2,3)20-15-18(23)14-19(16-10-6-4-7-11-16)21(20)17-12-8-5-9-13-17/h4-15H,1-3H3. The Morgan fingerprint density at radius 3 is 1.74 bits per heavy atom. The summed E-state index contributed by atoms with van der Waals surface area (Å²) in [6.07, 6.45) is 0. The van der Waals surface area contributed by atoms with E-state index in [0.717, 1.165) is 27.8 Å². The van der Waals surface area contributed by atoms with E-state index in [1.165, 1.54) is 0 Å². The first-order chi connectivity index (χ1) is 11.0. The summed E-state index contributed by atoms with van der Waals surface area (Å²) >= 11 is 0. The molecule has 3 aromatic carbocycles. The summed E-state index contributed by atoms with van der Waals surface area (Å²) in [4.78, 5) is 0. The summed E-state index contributed by atoms with van der Waals surface area (Å²) in [7, 11) is 0. The summed E-state index contributed by atoms with van der Waals surface area (Å²) in [6, 6.07) is 23.6. The van der Waals surface area contributed by atoms with Crippen LogP contribution in [-0.4, -0.2) is 0 Å². The van der Waals surface area contributed by atoms with Crippen molar-refractivity contribution < 1.29 is 4.39 Å². The van der Waals surface area contributed by atoms with Gasteiger partial charge in [-0.1, -0.05) is 81.4 Å². The zero-order valence-corrected chi connectivity index (χ0v) is 13.8. The van der Waals surface area contributed by atoms with E-state index in [2.05, 4.69) is 32.9 Å². The van der Waals surface area contributed by atoms with Crippen LogP contribution in [0.25, 0.3) is 22.3 Å². The van der Waals surface area contributed by atoms with E-state index in [-0.39, 0.29) is 11.2 Å². The highest BCUT2D eigenvalue weighted by Crippen LogP contribution is 2.40. The van der Waals surface area contributed by atoms with Crippen LogP contribution in [0.3, 0.4) is 0 Å². The van der Waals surface area contributed by atoms with E-state index in [4.69, 9.17) is 0 Å². The highest BCUT2D eigenvalue weighted by atomic mass is 19.1. The minimum atomic E-state index is -0.187. The van der Waals surface area contributed by atoms with Crippen LogP contribution in [0.1, 0.15) is 26.3 Å². The van der Waals surface area contributed by atoms with Crippen LogP contribution < -0.4 is 0 Å². The maximum atomic E-state index is 14.3. The molecular weight excluding hydrogens is 283 g/mol. The van der Waals surface area contributed by atoms with Gasteiger partial charge in [0.05, 0.1) is 0 Å². The third-order valence-electron chi connectivity index (χ3n) is 4.06. The number of halogens is 1. The van der Waals surface area contributed by atoms with Crippen LogP contribution in [0.15, 0.2) is 72.8 Å². The second-order valence-electron chi connectivity index (χ2n) is 6.86. The van der Waals surface area contributed by atoms with Gasteiger partial charge in [-0.3, -0.25) is 0 Å². The van der Waals surface area contributed by atoms with Gasteiger partial charge in [0.15, 0.2) is 0 Å². The molecule has 0 fully saturated rings. The van der Waals surface area contributed by atoms with Crippen molar-refractivity contribution >= 4 is 0 Å². The fourth-order valence-electron chi connectivity index (χ4n) is 2.96. The van der Waals surface area contributed by atoms with Gasteiger partial charge in [0.1, 0.15) is 5.82 Å². The van der Waals surface area contributed by atoms with Gasteiger partial charge in [0, 0.05) is 0 Å². The first kappa shape index (κ1) is 15.5. The molecule has 116 valence electrons. The van der Waals surface area contributed by atoms with E-state index in [1.54, 1.807) is 12.1 Å². The maximum Gasteiger partial charge on any atom is 0.124 e. The summed E-state index contributed by atoms with van der Waals surface area (Å²) in [5, 5.41) is 0. The van der Waals surface area contributed by atoms with Gasteiger partial charge >= 0.3 is 0 Å². The van der Waals surface area contributed by atoms with Crippen molar-refractivity contribution in [3.63, 3.8) is 0 Å². The average Bonchev–Trinajstić information content (AvgIpc) is 2.55. The molecule has 0 saturated carbocycles. The first-order valence-corrected chi connectivity index (χ1v) is 7.92. The van der Waals surface area contributed by atoms with E-state index >= 15 is 0 Å². The molecule has 0 saturated heterocycles. The minimum absolute atomic E-state index is 0.142. The van der Waals surface area contributed by atoms with Crippen molar-refractivity contribution in [2.75, 3.05) is 0 Å². The molecule has 3 rings (SSSR count). The van der Waals surface area contributed by atoms with Gasteiger partial charge < -0.3 is 0 Å². The number of hydrogen-bond donors (Lipinski definition) is 0. The summed E-state index contributed by atoms with van der Waals surface area (Å²) in [5.41, 5.74) is 5.11. The molecule has 0 bridgehead atoms. The topological polar surface area (TPSA) is 0 Å². The van der Waals surface area contributed by atoms with Crippen LogP contribution in [0.5, 0.6) is 0 Å². The van der Waals surface area contributed by atoms with Gasteiger partial charge in [0.2, 0.25) is 0 Å². The molecule has 23 heavy (non-hydrogen) atoms. The quantitative estimate of drug-likeness (QED) is 0.510. The van der Waals surface area contributed by atoms with Crippen LogP contribution in [0, 0.1) is 5.82 Å². The highest BCUT2D eigenvalue weighted by molar-refractivity contribution is 5.86. The maximum absolute atomic E-state index is 14.3. The van der Waals surface area contributed by atoms with Crippen molar-refractivity contribution in [3.05, 3.63) is 84.2 Å². The van der Waals surface area contributed by atoms with Gasteiger partial charge in [-0.25, -0.2) is 4.39 Å². The summed E-state index contributed by atoms with van der Waals surface area (Å²) < 4.78 is 14.3. The first-order valence-electron chi connectivity index (χ1n) is 7.92. The molecule has 1 heteroatoms. The molecule has 0 aliphatic heterocycles. The zero-order chi connectivity index (χ0) is 16.4. The van der Waals surface area contributed by atoms with E-state index in [0.29, 0.717) is 0 Å². The Morgan fingerprint density at radius 2 is 1.22 bits per heavy atom. The van der Waals surface area contributed by atoms with Gasteiger partial charge in [-0.05, 0) is 45.4 Å². The van der Waals surface area contributed by atoms with E-state index in [9.17, 15) is 4.39 Å². The van der Waals surface area contributed by atoms with Crippen molar-refractivity contribution in [2.24, 2.45) is 0 Å². The number of rotatable bonds is 2. The molecule has 0 aliphatic rings. The molecule has 0 heterocycles. The second kappa shape index (κ2) is 6.00. The van der Waals surface area contributed by atoms with Crippen LogP contribution in [-0.2, 0) is 5.41 Å². The molecule has 0 amide bonds. The predicted molar refractivity (Wildman–Crippen MR) is 96.0 cm³/mol. The second-order valence-corrected chi connectivity index (χ2v) is 6.86. The minimum Gasteiger partial charge on any atom is -0.207 e. The normalized spacial score (nSPS) is 11.5. The Morgan fingerprint density at radius 1 is 0.696 bits per heavy atom. The van der Waals surface area contributed by atoms with Crippen LogP contribution in [0.2, 0.25) is 0 Å². The molecule has 0 aliphatic carbocycles. The molecule has 0 atom stereocenters. The van der Waals surface area contributed by atoms with Crippen molar-refractivity contribution in [1.29, 1.82) is 0 Å². The van der Waals surface area contributed by atoms with Gasteiger partial charge in [-0.15, -0.1) is 0 Å². The van der Waals surface area contributed by atoms with Crippen LogP contribution >= 0.6 is 0 Å². The largest absolute Gasteiger partial charge is 0.207 e. The summed E-state index contributed by atoms with van der Waals surface area (Å²) in [5.74, 6) is -0.187. The smallest absolute Gasteiger partial charge is 0.124 e. The van der Waals surface area contributed by atoms with Gasteiger partial charge in [0.25, 0.3) is 0 Å². The van der Waals surface area contributed by atoms with E-state index < -0.39 is 0 Å². The lowest BCUT2D eigenvalue weighted by molar-refractivity contribution is 0.574. The Labute approximate surface area is 137 Å². The Balaban J connectivity index is 2.38. The predicted octanol–water partition coefficient (Wildman–Crippen LogP) is 6.46. The highest BCUT2D eigenvalue weighted by Gasteiger charge is 2.23. The third-order valence-corrected chi connectivity index (χ3v) is 4.06. The molecule has 0 aromatic heterocycles. The molecule has 0 radical (unpaired) electrons. The molecular formula is C22H21F. The fraction of sp³-hybridized carbons (Fsp3) is 0.182. The lowest BCUT2D eigenvalue weighted by Gasteiger charge is -2.26. The average molecular weight is 304 g/mol. The lowest BCUT2D eigenvalue weighted by atomic mass is 9.78.